The van der Waals surface area contributed by atoms with Crippen LogP contribution in [-0.4, -0.2) is 0 Å². The molecule has 0 aliphatic heterocycles. The third-order valence-electron chi connectivity index (χ3n) is 7.31. The summed E-state index contributed by atoms with van der Waals surface area (Å²) >= 11 is 0. The quantitative estimate of drug-likeness (QED) is 0.753. The van der Waals surface area contributed by atoms with E-state index in [1.54, 1.807) is 0 Å². The van der Waals surface area contributed by atoms with Crippen LogP contribution in [0, 0.1) is 34.5 Å². The molecule has 2 aromatic carbocycles. The lowest BCUT2D eigenvalue weighted by Crippen LogP contribution is -2.55. The summed E-state index contributed by atoms with van der Waals surface area (Å²) in [7, 11) is 0. The second-order valence-electron chi connectivity index (χ2n) is 8.90. The molecule has 0 aromatic heterocycles. The minimum absolute atomic E-state index is 0.270. The van der Waals surface area contributed by atoms with Crippen molar-refractivity contribution in [2.75, 3.05) is 0 Å². The lowest BCUT2D eigenvalue weighted by atomic mass is 9.41. The van der Waals surface area contributed by atoms with E-state index in [0.29, 0.717) is 0 Å². The van der Waals surface area contributed by atoms with Crippen molar-refractivity contribution in [3.63, 3.8) is 0 Å². The molecule has 4 aliphatic carbocycles. The van der Waals surface area contributed by atoms with Gasteiger partial charge in [0.05, 0.1) is 23.3 Å². The van der Waals surface area contributed by atoms with E-state index in [0.717, 1.165) is 23.0 Å². The van der Waals surface area contributed by atoms with Crippen molar-refractivity contribution in [3.05, 3.63) is 70.8 Å². The van der Waals surface area contributed by atoms with Gasteiger partial charge in [0.1, 0.15) is 0 Å². The smallest absolute Gasteiger partial charge is 0.0991 e. The summed E-state index contributed by atoms with van der Waals surface area (Å²) in [5.74, 6) is 1.62. The molecule has 128 valence electrons. The van der Waals surface area contributed by atoms with Gasteiger partial charge in [-0.2, -0.15) is 10.5 Å². The van der Waals surface area contributed by atoms with E-state index < -0.39 is 0 Å². The van der Waals surface area contributed by atoms with E-state index in [2.05, 4.69) is 36.4 Å². The lowest BCUT2D eigenvalue weighted by Gasteiger charge is -2.62. The molecule has 0 atom stereocenters. The Balaban J connectivity index is 1.57. The first-order chi connectivity index (χ1) is 12.6. The molecular weight excluding hydrogens is 316 g/mol. The van der Waals surface area contributed by atoms with Gasteiger partial charge in [0.2, 0.25) is 0 Å². The van der Waals surface area contributed by atoms with E-state index >= 15 is 0 Å². The summed E-state index contributed by atoms with van der Waals surface area (Å²) in [6, 6.07) is 21.3. The van der Waals surface area contributed by atoms with Gasteiger partial charge in [-0.3, -0.25) is 0 Å². The summed E-state index contributed by atoms with van der Waals surface area (Å²) in [6.45, 7) is 0. The maximum Gasteiger partial charge on any atom is 0.0991 e. The van der Waals surface area contributed by atoms with Crippen molar-refractivity contribution in [2.45, 2.75) is 49.4 Å². The Hall–Kier alpha value is -2.58. The average Bonchev–Trinajstić information content (AvgIpc) is 2.67. The van der Waals surface area contributed by atoms with Crippen molar-refractivity contribution >= 4 is 0 Å². The minimum Gasteiger partial charge on any atom is -0.192 e. The summed E-state index contributed by atoms with van der Waals surface area (Å²) in [5.41, 5.74) is 4.91. The molecule has 2 nitrogen and oxygen atoms in total. The molecular formula is C24H22N2. The van der Waals surface area contributed by atoms with Crippen molar-refractivity contribution in [2.24, 2.45) is 11.8 Å². The van der Waals surface area contributed by atoms with Crippen LogP contribution < -0.4 is 0 Å². The molecule has 6 rings (SSSR count). The van der Waals surface area contributed by atoms with Crippen LogP contribution >= 0.6 is 0 Å². The van der Waals surface area contributed by atoms with E-state index in [-0.39, 0.29) is 10.8 Å². The van der Waals surface area contributed by atoms with Gasteiger partial charge in [0.25, 0.3) is 0 Å². The molecule has 0 saturated heterocycles. The first-order valence-electron chi connectivity index (χ1n) is 9.66. The fourth-order valence-electron chi connectivity index (χ4n) is 6.73. The second kappa shape index (κ2) is 5.46. The Morgan fingerprint density at radius 1 is 0.654 bits per heavy atom. The molecule has 0 radical (unpaired) electrons. The van der Waals surface area contributed by atoms with Gasteiger partial charge in [-0.05, 0) is 96.6 Å². The SMILES string of the molecule is N#Cc1ccc(C23CC4CC(C2)CC(c2ccc(C#N)cc2)(C4)C3)cc1. The Kier molecular flexibility index (Phi) is 3.29. The van der Waals surface area contributed by atoms with Crippen molar-refractivity contribution < 1.29 is 0 Å². The molecule has 2 aromatic rings. The van der Waals surface area contributed by atoms with Gasteiger partial charge in [0.15, 0.2) is 0 Å². The molecule has 4 aliphatic rings. The van der Waals surface area contributed by atoms with Gasteiger partial charge < -0.3 is 0 Å². The van der Waals surface area contributed by atoms with Crippen LogP contribution in [0.5, 0.6) is 0 Å². The zero-order valence-electron chi connectivity index (χ0n) is 14.9. The monoisotopic (exact) mass is 338 g/mol. The molecule has 0 heterocycles. The number of rotatable bonds is 2. The number of benzene rings is 2. The van der Waals surface area contributed by atoms with Gasteiger partial charge in [-0.25, -0.2) is 0 Å². The molecule has 4 fully saturated rings. The molecule has 0 spiro atoms. The Morgan fingerprint density at radius 2 is 1.04 bits per heavy atom. The fourth-order valence-corrected chi connectivity index (χ4v) is 6.73. The molecule has 4 saturated carbocycles. The number of nitrogens with zero attached hydrogens (tertiary/aromatic N) is 2. The van der Waals surface area contributed by atoms with Crippen LogP contribution in [0.3, 0.4) is 0 Å². The molecule has 0 N–H and O–H groups in total. The first-order valence-corrected chi connectivity index (χ1v) is 9.66. The standard InChI is InChI=1S/C24H22N2/c25-14-17-1-5-21(6-2-17)23-10-19-9-20(11-23)13-24(12-19,16-23)22-7-3-18(15-26)4-8-22/h1-8,19-20H,9-13,16H2. The van der Waals surface area contributed by atoms with Gasteiger partial charge in [-0.15, -0.1) is 0 Å². The maximum absolute atomic E-state index is 9.12. The third-order valence-corrected chi connectivity index (χ3v) is 7.31. The van der Waals surface area contributed by atoms with Gasteiger partial charge >= 0.3 is 0 Å². The summed E-state index contributed by atoms with van der Waals surface area (Å²) < 4.78 is 0. The van der Waals surface area contributed by atoms with Crippen LogP contribution in [0.1, 0.15) is 60.8 Å². The molecule has 26 heavy (non-hydrogen) atoms. The van der Waals surface area contributed by atoms with E-state index in [4.69, 9.17) is 10.5 Å². The van der Waals surface area contributed by atoms with Gasteiger partial charge in [0, 0.05) is 0 Å². The van der Waals surface area contributed by atoms with E-state index in [1.807, 2.05) is 24.3 Å². The molecule has 2 heteroatoms. The lowest BCUT2D eigenvalue weighted by molar-refractivity contribution is -0.0281. The fraction of sp³-hybridized carbons (Fsp3) is 0.417. The third kappa shape index (κ3) is 2.22. The highest BCUT2D eigenvalue weighted by Gasteiger charge is 2.58. The predicted molar refractivity (Wildman–Crippen MR) is 100 cm³/mol. The molecule has 0 unspecified atom stereocenters. The number of hydrogen-bond donors (Lipinski definition) is 0. The zero-order valence-corrected chi connectivity index (χ0v) is 14.9. The molecule has 4 bridgehead atoms. The van der Waals surface area contributed by atoms with Crippen LogP contribution in [0.4, 0.5) is 0 Å². The molecule has 0 amide bonds. The highest BCUT2D eigenvalue weighted by molar-refractivity contribution is 5.42. The average molecular weight is 338 g/mol. The van der Waals surface area contributed by atoms with E-state index in [1.165, 1.54) is 49.7 Å². The normalized spacial score (nSPS) is 34.2. The Morgan fingerprint density at radius 3 is 1.38 bits per heavy atom. The van der Waals surface area contributed by atoms with Crippen LogP contribution in [0.2, 0.25) is 0 Å². The maximum atomic E-state index is 9.12. The number of nitriles is 2. The van der Waals surface area contributed by atoms with Crippen LogP contribution in [-0.2, 0) is 10.8 Å². The van der Waals surface area contributed by atoms with Crippen LogP contribution in [0.15, 0.2) is 48.5 Å². The first kappa shape index (κ1) is 15.7. The summed E-state index contributed by atoms with van der Waals surface area (Å²) in [4.78, 5) is 0. The largest absolute Gasteiger partial charge is 0.192 e. The van der Waals surface area contributed by atoms with Crippen LogP contribution in [0.25, 0.3) is 0 Å². The summed E-state index contributed by atoms with van der Waals surface area (Å²) in [5, 5.41) is 18.2. The second-order valence-corrected chi connectivity index (χ2v) is 8.90. The Labute approximate surface area is 155 Å². The Bertz CT molecular complexity index is 835. The zero-order chi connectivity index (χ0) is 17.8. The predicted octanol–water partition coefficient (Wildman–Crippen LogP) is 5.22. The topological polar surface area (TPSA) is 47.6 Å². The highest BCUT2D eigenvalue weighted by atomic mass is 14.6. The van der Waals surface area contributed by atoms with Crippen molar-refractivity contribution in [1.82, 2.24) is 0 Å². The van der Waals surface area contributed by atoms with Crippen molar-refractivity contribution in [1.29, 1.82) is 10.5 Å². The minimum atomic E-state index is 0.270. The van der Waals surface area contributed by atoms with Crippen molar-refractivity contribution in [3.8, 4) is 12.1 Å². The summed E-state index contributed by atoms with van der Waals surface area (Å²) in [6.07, 6.45) is 7.79. The number of hydrogen-bond acceptors (Lipinski definition) is 2. The highest BCUT2D eigenvalue weighted by Crippen LogP contribution is 2.66. The van der Waals surface area contributed by atoms with Gasteiger partial charge in [-0.1, -0.05) is 24.3 Å². The van der Waals surface area contributed by atoms with E-state index in [9.17, 15) is 0 Å².